The van der Waals surface area contributed by atoms with Crippen molar-refractivity contribution in [3.63, 3.8) is 0 Å². The lowest BCUT2D eigenvalue weighted by atomic mass is 10.4. The number of hydrogen-bond donors (Lipinski definition) is 1. The Morgan fingerprint density at radius 3 is 2.40 bits per heavy atom. The van der Waals surface area contributed by atoms with Gasteiger partial charge in [-0.1, -0.05) is 27.7 Å². The number of hydrogen-bond acceptors (Lipinski definition) is 4. The minimum atomic E-state index is -0.135. The molecule has 0 fully saturated rings. The summed E-state index contributed by atoms with van der Waals surface area (Å²) in [5.41, 5.74) is 0. The molecule has 15 heavy (non-hydrogen) atoms. The van der Waals surface area contributed by atoms with E-state index < -0.39 is 0 Å². The first-order valence-electron chi connectivity index (χ1n) is 5.71. The van der Waals surface area contributed by atoms with Crippen LogP contribution in [0.1, 0.15) is 27.7 Å². The molecule has 0 rings (SSSR count). The maximum absolute atomic E-state index is 11.3. The Kier molecular flexibility index (Phi) is 8.33. The van der Waals surface area contributed by atoms with E-state index >= 15 is 0 Å². The number of likely N-dealkylation sites (N-methyl/N-ethyl adjacent to an activating group) is 1. The molecule has 0 spiro atoms. The van der Waals surface area contributed by atoms with E-state index in [2.05, 4.69) is 19.2 Å². The monoisotopic (exact) mass is 216 g/mol. The van der Waals surface area contributed by atoms with Crippen molar-refractivity contribution >= 4 is 5.97 Å². The summed E-state index contributed by atoms with van der Waals surface area (Å²) in [7, 11) is 0. The molecule has 0 saturated heterocycles. The predicted octanol–water partition coefficient (Wildman–Crippen LogP) is 0.869. The van der Waals surface area contributed by atoms with Gasteiger partial charge in [0.1, 0.15) is 6.61 Å². The van der Waals surface area contributed by atoms with Crippen molar-refractivity contribution in [3.8, 4) is 0 Å². The molecule has 0 aliphatic carbocycles. The normalized spacial score (nSPS) is 11.1. The van der Waals surface area contributed by atoms with Gasteiger partial charge in [0.05, 0.1) is 6.54 Å². The summed E-state index contributed by atoms with van der Waals surface area (Å²) in [6.45, 7) is 11.6. The van der Waals surface area contributed by atoms with Crippen LogP contribution in [0.4, 0.5) is 0 Å². The molecule has 0 atom stereocenters. The first kappa shape index (κ1) is 14.4. The molecule has 0 radical (unpaired) electrons. The quantitative estimate of drug-likeness (QED) is 0.483. The zero-order chi connectivity index (χ0) is 11.7. The zero-order valence-electron chi connectivity index (χ0n) is 10.4. The van der Waals surface area contributed by atoms with E-state index in [1.165, 1.54) is 0 Å². The van der Waals surface area contributed by atoms with Crippen LogP contribution in [0.25, 0.3) is 0 Å². The fourth-order valence-corrected chi connectivity index (χ4v) is 1.19. The van der Waals surface area contributed by atoms with Crippen LogP contribution < -0.4 is 5.32 Å². The Hall–Kier alpha value is -0.610. The summed E-state index contributed by atoms with van der Waals surface area (Å²) >= 11 is 0. The highest BCUT2D eigenvalue weighted by Crippen LogP contribution is 1.88. The van der Waals surface area contributed by atoms with E-state index in [9.17, 15) is 4.79 Å². The van der Waals surface area contributed by atoms with Gasteiger partial charge in [-0.05, 0) is 13.1 Å². The molecule has 0 bridgehead atoms. The summed E-state index contributed by atoms with van der Waals surface area (Å²) in [5, 5.41) is 3.19. The van der Waals surface area contributed by atoms with Crippen LogP contribution in [0.15, 0.2) is 0 Å². The van der Waals surface area contributed by atoms with Gasteiger partial charge in [-0.15, -0.1) is 0 Å². The van der Waals surface area contributed by atoms with Crippen LogP contribution in [0.2, 0.25) is 0 Å². The standard InChI is InChI=1S/C11H24N2O2/c1-5-13(6-2)9-11(14)15-8-7-12-10(3)4/h10,12H,5-9H2,1-4H3. The number of nitrogens with zero attached hydrogens (tertiary/aromatic N) is 1. The summed E-state index contributed by atoms with van der Waals surface area (Å²) in [6.07, 6.45) is 0. The number of carbonyl (C=O) groups is 1. The number of nitrogens with one attached hydrogen (secondary N) is 1. The molecule has 4 heteroatoms. The Morgan fingerprint density at radius 2 is 1.93 bits per heavy atom. The zero-order valence-corrected chi connectivity index (χ0v) is 10.4. The summed E-state index contributed by atoms with van der Waals surface area (Å²) in [6, 6.07) is 0.437. The maximum atomic E-state index is 11.3. The van der Waals surface area contributed by atoms with Crippen molar-refractivity contribution in [3.05, 3.63) is 0 Å². The lowest BCUT2D eigenvalue weighted by Gasteiger charge is -2.16. The molecule has 0 aliphatic rings. The van der Waals surface area contributed by atoms with E-state index in [0.717, 1.165) is 19.6 Å². The van der Waals surface area contributed by atoms with Crippen molar-refractivity contribution in [2.45, 2.75) is 33.7 Å². The first-order valence-corrected chi connectivity index (χ1v) is 5.71. The third kappa shape index (κ3) is 8.39. The molecule has 0 unspecified atom stereocenters. The van der Waals surface area contributed by atoms with E-state index in [-0.39, 0.29) is 5.97 Å². The second-order valence-electron chi connectivity index (χ2n) is 3.79. The highest BCUT2D eigenvalue weighted by molar-refractivity contribution is 5.71. The third-order valence-corrected chi connectivity index (χ3v) is 2.16. The van der Waals surface area contributed by atoms with Crippen LogP contribution >= 0.6 is 0 Å². The van der Waals surface area contributed by atoms with E-state index in [1.807, 2.05) is 18.7 Å². The van der Waals surface area contributed by atoms with Gasteiger partial charge < -0.3 is 10.1 Å². The number of carbonyl (C=O) groups excluding carboxylic acids is 1. The highest BCUT2D eigenvalue weighted by Gasteiger charge is 2.07. The molecule has 1 N–H and O–H groups in total. The summed E-state index contributed by atoms with van der Waals surface area (Å²) < 4.78 is 5.08. The molecule has 0 aromatic rings. The van der Waals surface area contributed by atoms with Crippen molar-refractivity contribution in [1.29, 1.82) is 0 Å². The minimum Gasteiger partial charge on any atom is -0.463 e. The van der Waals surface area contributed by atoms with Gasteiger partial charge in [-0.2, -0.15) is 0 Å². The van der Waals surface area contributed by atoms with Gasteiger partial charge in [-0.3, -0.25) is 9.69 Å². The molecule has 90 valence electrons. The van der Waals surface area contributed by atoms with Crippen LogP contribution in [0.3, 0.4) is 0 Å². The first-order chi connectivity index (χ1) is 7.10. The van der Waals surface area contributed by atoms with Gasteiger partial charge in [0, 0.05) is 12.6 Å². The Bertz CT molecular complexity index is 168. The summed E-state index contributed by atoms with van der Waals surface area (Å²) in [5.74, 6) is -0.135. The van der Waals surface area contributed by atoms with Crippen molar-refractivity contribution in [2.24, 2.45) is 0 Å². The molecule has 0 aromatic heterocycles. The van der Waals surface area contributed by atoms with Crippen molar-refractivity contribution < 1.29 is 9.53 Å². The SMILES string of the molecule is CCN(CC)CC(=O)OCCNC(C)C. The average Bonchev–Trinajstić information content (AvgIpc) is 2.20. The number of rotatable bonds is 8. The van der Waals surface area contributed by atoms with Gasteiger partial charge in [-0.25, -0.2) is 0 Å². The number of ether oxygens (including phenoxy) is 1. The Balaban J connectivity index is 3.48. The van der Waals surface area contributed by atoms with E-state index in [0.29, 0.717) is 19.2 Å². The highest BCUT2D eigenvalue weighted by atomic mass is 16.5. The van der Waals surface area contributed by atoms with Crippen LogP contribution in [-0.4, -0.2) is 49.7 Å². The molecule has 0 heterocycles. The maximum Gasteiger partial charge on any atom is 0.320 e. The van der Waals surface area contributed by atoms with Crippen LogP contribution in [0, 0.1) is 0 Å². The molecule has 0 amide bonds. The smallest absolute Gasteiger partial charge is 0.320 e. The lowest BCUT2D eigenvalue weighted by Crippen LogP contribution is -2.33. The topological polar surface area (TPSA) is 41.6 Å². The fraction of sp³-hybridized carbons (Fsp3) is 0.909. The summed E-state index contributed by atoms with van der Waals surface area (Å²) in [4.78, 5) is 13.4. The third-order valence-electron chi connectivity index (χ3n) is 2.16. The molecule has 0 aliphatic heterocycles. The van der Waals surface area contributed by atoms with Gasteiger partial charge in [0.25, 0.3) is 0 Å². The van der Waals surface area contributed by atoms with E-state index in [4.69, 9.17) is 4.74 Å². The van der Waals surface area contributed by atoms with E-state index in [1.54, 1.807) is 0 Å². The fourth-order valence-electron chi connectivity index (χ4n) is 1.19. The average molecular weight is 216 g/mol. The minimum absolute atomic E-state index is 0.135. The predicted molar refractivity (Wildman–Crippen MR) is 61.9 cm³/mol. The Labute approximate surface area is 93.0 Å². The largest absolute Gasteiger partial charge is 0.463 e. The Morgan fingerprint density at radius 1 is 1.33 bits per heavy atom. The van der Waals surface area contributed by atoms with Crippen molar-refractivity contribution in [1.82, 2.24) is 10.2 Å². The molecule has 4 nitrogen and oxygen atoms in total. The molecular weight excluding hydrogens is 192 g/mol. The van der Waals surface area contributed by atoms with Gasteiger partial charge in [0.2, 0.25) is 0 Å². The second-order valence-corrected chi connectivity index (χ2v) is 3.79. The number of esters is 1. The molecule has 0 saturated carbocycles. The molecular formula is C11H24N2O2. The molecule has 0 aromatic carbocycles. The second kappa shape index (κ2) is 8.68. The van der Waals surface area contributed by atoms with Crippen LogP contribution in [0.5, 0.6) is 0 Å². The van der Waals surface area contributed by atoms with Crippen molar-refractivity contribution in [2.75, 3.05) is 32.8 Å². The van der Waals surface area contributed by atoms with Gasteiger partial charge >= 0.3 is 5.97 Å². The van der Waals surface area contributed by atoms with Gasteiger partial charge in [0.15, 0.2) is 0 Å². The van der Waals surface area contributed by atoms with Crippen LogP contribution in [-0.2, 0) is 9.53 Å². The lowest BCUT2D eigenvalue weighted by molar-refractivity contribution is -0.144.